The third-order valence-electron chi connectivity index (χ3n) is 4.21. The van der Waals surface area contributed by atoms with Gasteiger partial charge in [-0.25, -0.2) is 0 Å². The molecule has 2 rings (SSSR count). The highest BCUT2D eigenvalue weighted by atomic mass is 15.2. The molecule has 2 atom stereocenters. The zero-order valence-corrected chi connectivity index (χ0v) is 11.0. The molecule has 0 aromatic rings. The summed E-state index contributed by atoms with van der Waals surface area (Å²) in [7, 11) is 0. The van der Waals surface area contributed by atoms with Crippen LogP contribution in [0.3, 0.4) is 0 Å². The van der Waals surface area contributed by atoms with Gasteiger partial charge in [-0.3, -0.25) is 0 Å². The fraction of sp³-hybridized carbons (Fsp3) is 0.929. The summed E-state index contributed by atoms with van der Waals surface area (Å²) in [5, 5.41) is 12.3. The van der Waals surface area contributed by atoms with Gasteiger partial charge in [-0.1, -0.05) is 6.92 Å². The van der Waals surface area contributed by atoms with Crippen LogP contribution in [0.1, 0.15) is 51.9 Å². The third kappa shape index (κ3) is 3.43. The molecule has 2 heterocycles. The standard InChI is InChI=1S/C14H25N3/c1-2-8-17(9-4-3-7-15)14-10-12-5-6-13(11-14)16-12/h12-14,16H,2-6,8-11H2,1H3. The molecule has 0 spiro atoms. The van der Waals surface area contributed by atoms with Crippen molar-refractivity contribution in [2.24, 2.45) is 0 Å². The lowest BCUT2D eigenvalue weighted by atomic mass is 9.97. The van der Waals surface area contributed by atoms with Crippen molar-refractivity contribution in [1.82, 2.24) is 10.2 Å². The minimum absolute atomic E-state index is 0.706. The Hall–Kier alpha value is -0.590. The quantitative estimate of drug-likeness (QED) is 0.718. The van der Waals surface area contributed by atoms with E-state index in [2.05, 4.69) is 23.2 Å². The van der Waals surface area contributed by atoms with Crippen LogP contribution in [0.15, 0.2) is 0 Å². The molecule has 2 aliphatic heterocycles. The van der Waals surface area contributed by atoms with Crippen LogP contribution in [-0.4, -0.2) is 36.1 Å². The zero-order chi connectivity index (χ0) is 12.1. The SMILES string of the molecule is CCCN(CCCC#N)C1CC2CCC(C1)N2. The smallest absolute Gasteiger partial charge is 0.0622 e. The average Bonchev–Trinajstić information content (AvgIpc) is 2.67. The molecule has 0 aliphatic carbocycles. The summed E-state index contributed by atoms with van der Waals surface area (Å²) in [6.45, 7) is 4.58. The van der Waals surface area contributed by atoms with Crippen LogP contribution in [0, 0.1) is 11.3 Å². The topological polar surface area (TPSA) is 39.1 Å². The van der Waals surface area contributed by atoms with Gasteiger partial charge in [0.2, 0.25) is 0 Å². The Labute approximate surface area is 105 Å². The van der Waals surface area contributed by atoms with E-state index >= 15 is 0 Å². The second kappa shape index (κ2) is 6.37. The molecule has 2 unspecified atom stereocenters. The Morgan fingerprint density at radius 1 is 1.24 bits per heavy atom. The van der Waals surface area contributed by atoms with E-state index in [0.29, 0.717) is 6.42 Å². The van der Waals surface area contributed by atoms with Gasteiger partial charge in [0, 0.05) is 24.5 Å². The summed E-state index contributed by atoms with van der Waals surface area (Å²) >= 11 is 0. The van der Waals surface area contributed by atoms with Crippen LogP contribution in [0.25, 0.3) is 0 Å². The zero-order valence-electron chi connectivity index (χ0n) is 11.0. The van der Waals surface area contributed by atoms with Gasteiger partial charge in [0.05, 0.1) is 6.07 Å². The minimum atomic E-state index is 0.706. The van der Waals surface area contributed by atoms with E-state index in [1.165, 1.54) is 38.6 Å². The molecule has 0 saturated carbocycles. The first kappa shape index (κ1) is 12.9. The normalized spacial score (nSPS) is 31.7. The number of unbranched alkanes of at least 4 members (excludes halogenated alkanes) is 1. The molecule has 17 heavy (non-hydrogen) atoms. The van der Waals surface area contributed by atoms with Crippen LogP contribution in [0.5, 0.6) is 0 Å². The number of nitrogens with zero attached hydrogens (tertiary/aromatic N) is 2. The first-order chi connectivity index (χ1) is 8.33. The second-order valence-corrected chi connectivity index (χ2v) is 5.56. The van der Waals surface area contributed by atoms with Crippen LogP contribution in [0.4, 0.5) is 0 Å². The number of piperidine rings is 1. The largest absolute Gasteiger partial charge is 0.311 e. The van der Waals surface area contributed by atoms with Crippen LogP contribution in [0.2, 0.25) is 0 Å². The van der Waals surface area contributed by atoms with Gasteiger partial charge >= 0.3 is 0 Å². The summed E-state index contributed by atoms with van der Waals surface area (Å²) in [5.41, 5.74) is 0. The highest BCUT2D eigenvalue weighted by Crippen LogP contribution is 2.29. The second-order valence-electron chi connectivity index (χ2n) is 5.56. The summed E-state index contributed by atoms with van der Waals surface area (Å²) in [6, 6.07) is 4.57. The fourth-order valence-corrected chi connectivity index (χ4v) is 3.45. The fourth-order valence-electron chi connectivity index (χ4n) is 3.45. The van der Waals surface area contributed by atoms with E-state index in [1.54, 1.807) is 0 Å². The van der Waals surface area contributed by atoms with E-state index in [4.69, 9.17) is 5.26 Å². The molecule has 2 aliphatic rings. The Kier molecular flexibility index (Phi) is 4.82. The van der Waals surface area contributed by atoms with Gasteiger partial charge in [-0.15, -0.1) is 0 Å². The predicted octanol–water partition coefficient (Wildman–Crippen LogP) is 2.29. The van der Waals surface area contributed by atoms with Crippen molar-refractivity contribution in [3.05, 3.63) is 0 Å². The maximum atomic E-state index is 8.63. The van der Waals surface area contributed by atoms with Gasteiger partial charge in [0.15, 0.2) is 0 Å². The highest BCUT2D eigenvalue weighted by Gasteiger charge is 2.35. The monoisotopic (exact) mass is 235 g/mol. The Morgan fingerprint density at radius 2 is 1.94 bits per heavy atom. The van der Waals surface area contributed by atoms with Crippen molar-refractivity contribution >= 4 is 0 Å². The van der Waals surface area contributed by atoms with E-state index in [0.717, 1.165) is 31.1 Å². The molecule has 2 bridgehead atoms. The minimum Gasteiger partial charge on any atom is -0.311 e. The molecular formula is C14H25N3. The van der Waals surface area contributed by atoms with Crippen molar-refractivity contribution < 1.29 is 0 Å². The van der Waals surface area contributed by atoms with Crippen molar-refractivity contribution in [1.29, 1.82) is 5.26 Å². The number of nitrogens with one attached hydrogen (secondary N) is 1. The van der Waals surface area contributed by atoms with Gasteiger partial charge in [0.1, 0.15) is 0 Å². The molecule has 0 aromatic heterocycles. The summed E-state index contributed by atoms with van der Waals surface area (Å²) < 4.78 is 0. The number of hydrogen-bond donors (Lipinski definition) is 1. The van der Waals surface area contributed by atoms with E-state index in [9.17, 15) is 0 Å². The third-order valence-corrected chi connectivity index (χ3v) is 4.21. The van der Waals surface area contributed by atoms with Crippen LogP contribution in [-0.2, 0) is 0 Å². The molecule has 0 aromatic carbocycles. The van der Waals surface area contributed by atoms with Crippen molar-refractivity contribution in [2.75, 3.05) is 13.1 Å². The molecule has 1 N–H and O–H groups in total. The lowest BCUT2D eigenvalue weighted by Crippen LogP contribution is -2.48. The average molecular weight is 235 g/mol. The predicted molar refractivity (Wildman–Crippen MR) is 69.7 cm³/mol. The lowest BCUT2D eigenvalue weighted by Gasteiger charge is -2.37. The van der Waals surface area contributed by atoms with Crippen molar-refractivity contribution in [3.8, 4) is 6.07 Å². The molecule has 2 saturated heterocycles. The number of hydrogen-bond acceptors (Lipinski definition) is 3. The van der Waals surface area contributed by atoms with E-state index in [-0.39, 0.29) is 0 Å². The molecule has 96 valence electrons. The maximum Gasteiger partial charge on any atom is 0.0622 e. The molecular weight excluding hydrogens is 210 g/mol. The van der Waals surface area contributed by atoms with E-state index in [1.807, 2.05) is 0 Å². The van der Waals surface area contributed by atoms with Crippen molar-refractivity contribution in [3.63, 3.8) is 0 Å². The molecule has 3 nitrogen and oxygen atoms in total. The van der Waals surface area contributed by atoms with Crippen LogP contribution >= 0.6 is 0 Å². The Balaban J connectivity index is 1.84. The van der Waals surface area contributed by atoms with Gasteiger partial charge in [-0.2, -0.15) is 5.26 Å². The molecule has 0 amide bonds. The van der Waals surface area contributed by atoms with Gasteiger partial charge in [-0.05, 0) is 51.6 Å². The number of fused-ring (bicyclic) bond motifs is 2. The van der Waals surface area contributed by atoms with Gasteiger partial charge in [0.25, 0.3) is 0 Å². The lowest BCUT2D eigenvalue weighted by molar-refractivity contribution is 0.140. The number of rotatable bonds is 6. The highest BCUT2D eigenvalue weighted by molar-refractivity contribution is 4.95. The Bertz CT molecular complexity index is 259. The Morgan fingerprint density at radius 3 is 2.53 bits per heavy atom. The summed E-state index contributed by atoms with van der Waals surface area (Å²) in [6.07, 6.45) is 8.37. The molecule has 3 heteroatoms. The maximum absolute atomic E-state index is 8.63. The van der Waals surface area contributed by atoms with E-state index < -0.39 is 0 Å². The van der Waals surface area contributed by atoms with Crippen LogP contribution < -0.4 is 5.32 Å². The van der Waals surface area contributed by atoms with Gasteiger partial charge < -0.3 is 10.2 Å². The first-order valence-corrected chi connectivity index (χ1v) is 7.20. The first-order valence-electron chi connectivity index (χ1n) is 7.20. The molecule has 0 radical (unpaired) electrons. The summed E-state index contributed by atoms with van der Waals surface area (Å²) in [4.78, 5) is 2.64. The van der Waals surface area contributed by atoms with Crippen molar-refractivity contribution in [2.45, 2.75) is 70.0 Å². The summed E-state index contributed by atoms with van der Waals surface area (Å²) in [5.74, 6) is 0. The molecule has 2 fully saturated rings. The number of nitriles is 1.